The summed E-state index contributed by atoms with van der Waals surface area (Å²) in [4.78, 5) is 28.2. The first-order valence-electron chi connectivity index (χ1n) is 11.4. The molecule has 0 bridgehead atoms. The molecule has 1 aromatic heterocycles. The van der Waals surface area contributed by atoms with Crippen LogP contribution in [0.5, 0.6) is 0 Å². The Morgan fingerprint density at radius 3 is 2.18 bits per heavy atom. The molecule has 172 valence electrons. The van der Waals surface area contributed by atoms with Crippen LogP contribution >= 0.6 is 11.6 Å². The predicted molar refractivity (Wildman–Crippen MR) is 136 cm³/mol. The standard InChI is InChI=1S/C29H26ClNO3/c30-24-15-10-20(11-16-24)4-3-7-28(32)22-12-8-21(9-13-22)18-27-26-6-2-1-5-25(26)23(19-31-27)14-17-29(33)34/h1-2,5-6,8-13,15-16,19H,3-4,7,14,17-18H2,(H,33,34). The summed E-state index contributed by atoms with van der Waals surface area (Å²) in [5.41, 5.74) is 4.87. The van der Waals surface area contributed by atoms with Gasteiger partial charge in [0.05, 0.1) is 5.69 Å². The predicted octanol–water partition coefficient (Wildman–Crippen LogP) is 6.70. The molecule has 0 saturated heterocycles. The molecular weight excluding hydrogens is 446 g/mol. The average Bonchev–Trinajstić information content (AvgIpc) is 2.85. The number of aromatic nitrogens is 1. The fourth-order valence-corrected chi connectivity index (χ4v) is 4.27. The Morgan fingerprint density at radius 1 is 0.794 bits per heavy atom. The SMILES string of the molecule is O=C(O)CCc1cnc(Cc2ccc(C(=O)CCCc3ccc(Cl)cc3)cc2)c2ccccc12. The van der Waals surface area contributed by atoms with Crippen molar-refractivity contribution in [1.29, 1.82) is 0 Å². The number of pyridine rings is 1. The Kier molecular flexibility index (Phi) is 7.71. The van der Waals surface area contributed by atoms with Gasteiger partial charge in [-0.05, 0) is 53.5 Å². The number of carboxylic acid groups (broad SMARTS) is 1. The molecule has 0 saturated carbocycles. The van der Waals surface area contributed by atoms with Gasteiger partial charge in [0.15, 0.2) is 5.78 Å². The van der Waals surface area contributed by atoms with E-state index in [1.165, 1.54) is 5.56 Å². The number of fused-ring (bicyclic) bond motifs is 1. The van der Waals surface area contributed by atoms with Crippen molar-refractivity contribution in [2.24, 2.45) is 0 Å². The number of benzene rings is 3. The highest BCUT2D eigenvalue weighted by Crippen LogP contribution is 2.24. The second-order valence-electron chi connectivity index (χ2n) is 8.45. The second-order valence-corrected chi connectivity index (χ2v) is 8.88. The number of halogens is 1. The van der Waals surface area contributed by atoms with E-state index in [9.17, 15) is 9.59 Å². The van der Waals surface area contributed by atoms with Crippen molar-refractivity contribution in [1.82, 2.24) is 4.98 Å². The molecule has 0 spiro atoms. The molecule has 0 fully saturated rings. The highest BCUT2D eigenvalue weighted by atomic mass is 35.5. The van der Waals surface area contributed by atoms with Gasteiger partial charge >= 0.3 is 5.97 Å². The number of Topliss-reactive ketones (excluding diaryl/α,β-unsaturated/α-hetero) is 1. The Bertz CT molecular complexity index is 1300. The van der Waals surface area contributed by atoms with E-state index in [2.05, 4.69) is 4.98 Å². The van der Waals surface area contributed by atoms with Gasteiger partial charge in [0.1, 0.15) is 0 Å². The third-order valence-corrected chi connectivity index (χ3v) is 6.25. The lowest BCUT2D eigenvalue weighted by atomic mass is 9.97. The maximum absolute atomic E-state index is 12.6. The first-order chi connectivity index (χ1) is 16.5. The van der Waals surface area contributed by atoms with Gasteiger partial charge in [-0.3, -0.25) is 14.6 Å². The van der Waals surface area contributed by atoms with Gasteiger partial charge in [0.25, 0.3) is 0 Å². The topological polar surface area (TPSA) is 67.3 Å². The smallest absolute Gasteiger partial charge is 0.303 e. The summed E-state index contributed by atoms with van der Waals surface area (Å²) >= 11 is 5.92. The number of aliphatic carboxylic acids is 1. The number of nitrogens with zero attached hydrogens (tertiary/aromatic N) is 1. The van der Waals surface area contributed by atoms with Gasteiger partial charge in [-0.25, -0.2) is 0 Å². The number of ketones is 1. The minimum Gasteiger partial charge on any atom is -0.481 e. The van der Waals surface area contributed by atoms with Crippen molar-refractivity contribution in [2.45, 2.75) is 38.5 Å². The number of hydrogen-bond donors (Lipinski definition) is 1. The van der Waals surface area contributed by atoms with Gasteiger partial charge in [-0.15, -0.1) is 0 Å². The molecule has 1 heterocycles. The van der Waals surface area contributed by atoms with Crippen molar-refractivity contribution < 1.29 is 14.7 Å². The zero-order valence-corrected chi connectivity index (χ0v) is 19.6. The van der Waals surface area contributed by atoms with Crippen molar-refractivity contribution in [3.8, 4) is 0 Å². The lowest BCUT2D eigenvalue weighted by molar-refractivity contribution is -0.136. The molecule has 0 amide bonds. The third-order valence-electron chi connectivity index (χ3n) is 6.00. The van der Waals surface area contributed by atoms with Gasteiger partial charge in [0, 0.05) is 41.4 Å². The fourth-order valence-electron chi connectivity index (χ4n) is 4.14. The Morgan fingerprint density at radius 2 is 1.47 bits per heavy atom. The minimum absolute atomic E-state index is 0.0835. The van der Waals surface area contributed by atoms with E-state index in [-0.39, 0.29) is 12.2 Å². The number of hydrogen-bond acceptors (Lipinski definition) is 3. The van der Waals surface area contributed by atoms with E-state index in [1.54, 1.807) is 6.20 Å². The molecule has 5 heteroatoms. The van der Waals surface area contributed by atoms with Gasteiger partial charge in [0.2, 0.25) is 0 Å². The molecule has 0 unspecified atom stereocenters. The van der Waals surface area contributed by atoms with Crippen LogP contribution in [0.25, 0.3) is 10.8 Å². The molecule has 0 radical (unpaired) electrons. The number of aryl methyl sites for hydroxylation is 2. The minimum atomic E-state index is -0.812. The van der Waals surface area contributed by atoms with Crippen LogP contribution in [0, 0.1) is 0 Å². The van der Waals surface area contributed by atoms with Gasteiger partial charge in [-0.1, -0.05) is 72.3 Å². The number of rotatable bonds is 10. The Labute approximate surface area is 204 Å². The summed E-state index contributed by atoms with van der Waals surface area (Å²) in [5, 5.41) is 11.8. The molecule has 0 aliphatic rings. The number of carbonyl (C=O) groups is 2. The highest BCUT2D eigenvalue weighted by molar-refractivity contribution is 6.30. The summed E-state index contributed by atoms with van der Waals surface area (Å²) < 4.78 is 0. The van der Waals surface area contributed by atoms with Crippen LogP contribution in [-0.4, -0.2) is 21.8 Å². The normalized spacial score (nSPS) is 11.0. The van der Waals surface area contributed by atoms with E-state index in [0.717, 1.165) is 51.0 Å². The third kappa shape index (κ3) is 6.09. The first-order valence-corrected chi connectivity index (χ1v) is 11.8. The molecule has 0 aliphatic heterocycles. The molecule has 4 rings (SSSR count). The summed E-state index contributed by atoms with van der Waals surface area (Å²) in [6.45, 7) is 0. The van der Waals surface area contributed by atoms with Crippen molar-refractivity contribution in [3.05, 3.63) is 112 Å². The summed E-state index contributed by atoms with van der Waals surface area (Å²) in [7, 11) is 0. The maximum Gasteiger partial charge on any atom is 0.303 e. The summed E-state index contributed by atoms with van der Waals surface area (Å²) in [6.07, 6.45) is 5.13. The monoisotopic (exact) mass is 471 g/mol. The van der Waals surface area contributed by atoms with E-state index in [0.29, 0.717) is 19.3 Å². The molecular formula is C29H26ClNO3. The average molecular weight is 472 g/mol. The van der Waals surface area contributed by atoms with Crippen LogP contribution in [0.3, 0.4) is 0 Å². The molecule has 3 aromatic carbocycles. The van der Waals surface area contributed by atoms with Crippen LogP contribution in [0.2, 0.25) is 5.02 Å². The first kappa shape index (κ1) is 23.7. The molecule has 0 atom stereocenters. The molecule has 34 heavy (non-hydrogen) atoms. The van der Waals surface area contributed by atoms with E-state index in [1.807, 2.05) is 72.8 Å². The molecule has 4 aromatic rings. The zero-order valence-electron chi connectivity index (χ0n) is 18.8. The lowest BCUT2D eigenvalue weighted by Crippen LogP contribution is -2.02. The van der Waals surface area contributed by atoms with Crippen LogP contribution in [0.15, 0.2) is 79.0 Å². The van der Waals surface area contributed by atoms with Crippen molar-refractivity contribution in [3.63, 3.8) is 0 Å². The van der Waals surface area contributed by atoms with E-state index >= 15 is 0 Å². The maximum atomic E-state index is 12.6. The molecule has 1 N–H and O–H groups in total. The molecule has 0 aliphatic carbocycles. The van der Waals surface area contributed by atoms with Gasteiger partial charge in [-0.2, -0.15) is 0 Å². The van der Waals surface area contributed by atoms with E-state index < -0.39 is 5.97 Å². The zero-order chi connectivity index (χ0) is 23.9. The van der Waals surface area contributed by atoms with Crippen LogP contribution < -0.4 is 0 Å². The molecule has 4 nitrogen and oxygen atoms in total. The van der Waals surface area contributed by atoms with Crippen LogP contribution in [-0.2, 0) is 24.1 Å². The van der Waals surface area contributed by atoms with Crippen LogP contribution in [0.1, 0.15) is 52.0 Å². The van der Waals surface area contributed by atoms with Crippen LogP contribution in [0.4, 0.5) is 0 Å². The number of carboxylic acids is 1. The quantitative estimate of drug-likeness (QED) is 0.261. The Hall–Kier alpha value is -3.50. The lowest BCUT2D eigenvalue weighted by Gasteiger charge is -2.10. The van der Waals surface area contributed by atoms with Gasteiger partial charge < -0.3 is 5.11 Å². The largest absolute Gasteiger partial charge is 0.481 e. The van der Waals surface area contributed by atoms with Crippen molar-refractivity contribution in [2.75, 3.05) is 0 Å². The van der Waals surface area contributed by atoms with E-state index in [4.69, 9.17) is 16.7 Å². The number of carbonyl (C=O) groups excluding carboxylic acids is 1. The second kappa shape index (κ2) is 11.1. The Balaban J connectivity index is 1.40. The summed E-state index contributed by atoms with van der Waals surface area (Å²) in [5.74, 6) is -0.667. The summed E-state index contributed by atoms with van der Waals surface area (Å²) in [6, 6.07) is 23.5. The highest BCUT2D eigenvalue weighted by Gasteiger charge is 2.11. The van der Waals surface area contributed by atoms with Crippen molar-refractivity contribution >= 4 is 34.1 Å². The fraction of sp³-hybridized carbons (Fsp3) is 0.207.